The van der Waals surface area contributed by atoms with E-state index in [4.69, 9.17) is 0 Å². The number of carbonyl (C=O) groups excluding carboxylic acids is 2. The van der Waals surface area contributed by atoms with Crippen LogP contribution in [0.1, 0.15) is 50.6 Å². The summed E-state index contributed by atoms with van der Waals surface area (Å²) in [5.41, 5.74) is 2.66. The molecule has 1 aromatic heterocycles. The van der Waals surface area contributed by atoms with E-state index in [1.807, 2.05) is 62.7 Å². The number of benzene rings is 1. The molecule has 1 aromatic carbocycles. The number of carbonyl (C=O) groups is 2. The predicted octanol–water partition coefficient (Wildman–Crippen LogP) is 3.20. The molecule has 0 spiro atoms. The molecule has 26 heavy (non-hydrogen) atoms. The van der Waals surface area contributed by atoms with Crippen LogP contribution in [0, 0.1) is 0 Å². The Balaban J connectivity index is 1.75. The van der Waals surface area contributed by atoms with E-state index < -0.39 is 11.8 Å². The molecule has 2 aromatic rings. The molecule has 0 saturated heterocycles. The molecule has 0 saturated carbocycles. The predicted molar refractivity (Wildman–Crippen MR) is 104 cm³/mol. The fraction of sp³-hybridized carbons (Fsp3) is 0.421. The summed E-state index contributed by atoms with van der Waals surface area (Å²) in [6.07, 6.45) is 0. The first kappa shape index (κ1) is 18.5. The van der Waals surface area contributed by atoms with Crippen LogP contribution < -0.4 is 10.6 Å². The van der Waals surface area contributed by atoms with Gasteiger partial charge in [0.2, 0.25) is 0 Å². The van der Waals surface area contributed by atoms with Crippen molar-refractivity contribution in [1.82, 2.24) is 15.1 Å². The molecular weight excluding hydrogens is 348 g/mol. The first-order chi connectivity index (χ1) is 12.3. The monoisotopic (exact) mass is 372 g/mol. The van der Waals surface area contributed by atoms with Gasteiger partial charge in [-0.05, 0) is 33.3 Å². The van der Waals surface area contributed by atoms with Gasteiger partial charge in [-0.2, -0.15) is 16.9 Å². The molecule has 2 amide bonds. The van der Waals surface area contributed by atoms with Crippen molar-refractivity contribution in [1.29, 1.82) is 0 Å². The molecule has 6 nitrogen and oxygen atoms in total. The van der Waals surface area contributed by atoms with E-state index in [2.05, 4.69) is 15.7 Å². The van der Waals surface area contributed by atoms with Gasteiger partial charge in [0.25, 0.3) is 0 Å². The number of hydrogen-bond donors (Lipinski definition) is 2. The summed E-state index contributed by atoms with van der Waals surface area (Å²) < 4.78 is 1.81. The highest BCUT2D eigenvalue weighted by Crippen LogP contribution is 2.37. The lowest BCUT2D eigenvalue weighted by molar-refractivity contribution is -0.136. The van der Waals surface area contributed by atoms with Crippen LogP contribution in [0.4, 0.5) is 5.82 Å². The topological polar surface area (TPSA) is 76.0 Å². The second kappa shape index (κ2) is 7.15. The van der Waals surface area contributed by atoms with Crippen molar-refractivity contribution in [2.45, 2.75) is 50.8 Å². The normalized spacial score (nSPS) is 14.6. The van der Waals surface area contributed by atoms with E-state index in [1.165, 1.54) is 0 Å². The second-order valence-corrected chi connectivity index (χ2v) is 8.39. The highest BCUT2D eigenvalue weighted by Gasteiger charge is 2.30. The van der Waals surface area contributed by atoms with Crippen LogP contribution in [-0.2, 0) is 26.6 Å². The average Bonchev–Trinajstić information content (AvgIpc) is 3.17. The van der Waals surface area contributed by atoms with Crippen LogP contribution in [-0.4, -0.2) is 21.6 Å². The van der Waals surface area contributed by atoms with Crippen molar-refractivity contribution in [2.24, 2.45) is 0 Å². The molecule has 3 rings (SSSR count). The minimum atomic E-state index is -0.669. The number of amides is 2. The maximum absolute atomic E-state index is 12.5. The Morgan fingerprint density at radius 2 is 1.85 bits per heavy atom. The lowest BCUT2D eigenvalue weighted by atomic mass is 10.1. The summed E-state index contributed by atoms with van der Waals surface area (Å²) in [4.78, 5) is 24.8. The molecule has 1 atom stereocenters. The number of aromatic nitrogens is 2. The van der Waals surface area contributed by atoms with E-state index >= 15 is 0 Å². The van der Waals surface area contributed by atoms with Crippen molar-refractivity contribution in [3.05, 3.63) is 47.2 Å². The van der Waals surface area contributed by atoms with E-state index in [-0.39, 0.29) is 11.6 Å². The molecule has 0 bridgehead atoms. The third-order valence-corrected chi connectivity index (χ3v) is 5.24. The number of hydrogen-bond acceptors (Lipinski definition) is 4. The average molecular weight is 372 g/mol. The zero-order valence-corrected chi connectivity index (χ0v) is 16.3. The van der Waals surface area contributed by atoms with Gasteiger partial charge in [-0.15, -0.1) is 0 Å². The summed E-state index contributed by atoms with van der Waals surface area (Å²) in [6.45, 7) is 7.93. The van der Waals surface area contributed by atoms with Gasteiger partial charge in [0.05, 0.1) is 17.3 Å². The maximum atomic E-state index is 12.5. The maximum Gasteiger partial charge on any atom is 0.314 e. The molecule has 0 aliphatic carbocycles. The number of thioether (sulfide) groups is 1. The lowest BCUT2D eigenvalue weighted by Crippen LogP contribution is -2.38. The van der Waals surface area contributed by atoms with Crippen molar-refractivity contribution >= 4 is 29.4 Å². The largest absolute Gasteiger partial charge is 0.341 e. The van der Waals surface area contributed by atoms with Crippen molar-refractivity contribution < 1.29 is 9.59 Å². The lowest BCUT2D eigenvalue weighted by Gasteiger charge is -2.23. The zero-order valence-electron chi connectivity index (χ0n) is 15.5. The van der Waals surface area contributed by atoms with Gasteiger partial charge in [-0.1, -0.05) is 30.3 Å². The first-order valence-corrected chi connectivity index (χ1v) is 9.78. The minimum Gasteiger partial charge on any atom is -0.341 e. The Kier molecular flexibility index (Phi) is 5.09. The van der Waals surface area contributed by atoms with E-state index in [1.54, 1.807) is 11.8 Å². The van der Waals surface area contributed by atoms with Crippen LogP contribution in [0.15, 0.2) is 30.3 Å². The molecule has 0 radical (unpaired) electrons. The molecule has 7 heteroatoms. The summed E-state index contributed by atoms with van der Waals surface area (Å²) in [7, 11) is 0. The van der Waals surface area contributed by atoms with Crippen LogP contribution >= 0.6 is 11.8 Å². The summed E-state index contributed by atoms with van der Waals surface area (Å²) >= 11 is 1.76. The molecule has 1 aliphatic rings. The number of nitrogens with one attached hydrogen (secondary N) is 2. The number of fused-ring (bicyclic) bond motifs is 1. The van der Waals surface area contributed by atoms with Crippen LogP contribution in [0.3, 0.4) is 0 Å². The second-order valence-electron chi connectivity index (χ2n) is 7.41. The van der Waals surface area contributed by atoms with Crippen LogP contribution in [0.5, 0.6) is 0 Å². The van der Waals surface area contributed by atoms with Gasteiger partial charge in [0.15, 0.2) is 0 Å². The standard InChI is InChI=1S/C19H24N4O2S/c1-12(13-8-6-5-7-9-13)20-17(24)18(25)21-16-14-10-26-11-15(14)22-23(16)19(2,3)4/h5-9,12H,10-11H2,1-4H3,(H,20,24)(H,21,25)/t12-/m1/s1. The number of nitrogens with zero attached hydrogens (tertiary/aromatic N) is 2. The van der Waals surface area contributed by atoms with Crippen molar-refractivity contribution in [2.75, 3.05) is 5.32 Å². The molecule has 2 heterocycles. The van der Waals surface area contributed by atoms with Gasteiger partial charge < -0.3 is 10.6 Å². The van der Waals surface area contributed by atoms with Gasteiger partial charge in [0.1, 0.15) is 5.82 Å². The fourth-order valence-electron chi connectivity index (χ4n) is 2.88. The molecule has 138 valence electrons. The summed E-state index contributed by atoms with van der Waals surface area (Å²) in [5, 5.41) is 10.2. The Bertz CT molecular complexity index is 824. The minimum absolute atomic E-state index is 0.247. The zero-order chi connectivity index (χ0) is 18.9. The molecule has 1 aliphatic heterocycles. The van der Waals surface area contributed by atoms with Gasteiger partial charge in [-0.25, -0.2) is 4.68 Å². The van der Waals surface area contributed by atoms with Gasteiger partial charge in [-0.3, -0.25) is 9.59 Å². The quantitative estimate of drug-likeness (QED) is 0.811. The molecule has 2 N–H and O–H groups in total. The Labute approximate surface area is 157 Å². The Morgan fingerprint density at radius 1 is 1.15 bits per heavy atom. The van der Waals surface area contributed by atoms with Crippen molar-refractivity contribution in [3.8, 4) is 0 Å². The Hall–Kier alpha value is -2.28. The van der Waals surface area contributed by atoms with Crippen molar-refractivity contribution in [3.63, 3.8) is 0 Å². The molecule has 0 unspecified atom stereocenters. The highest BCUT2D eigenvalue weighted by atomic mass is 32.2. The van der Waals surface area contributed by atoms with E-state index in [9.17, 15) is 9.59 Å². The number of anilines is 1. The smallest absolute Gasteiger partial charge is 0.314 e. The van der Waals surface area contributed by atoms with Gasteiger partial charge >= 0.3 is 11.8 Å². The van der Waals surface area contributed by atoms with Crippen LogP contribution in [0.25, 0.3) is 0 Å². The fourth-order valence-corrected chi connectivity index (χ4v) is 3.91. The van der Waals surface area contributed by atoms with Gasteiger partial charge in [0, 0.05) is 17.1 Å². The first-order valence-electron chi connectivity index (χ1n) is 8.63. The van der Waals surface area contributed by atoms with Crippen LogP contribution in [0.2, 0.25) is 0 Å². The molecular formula is C19H24N4O2S. The third kappa shape index (κ3) is 3.77. The summed E-state index contributed by atoms with van der Waals surface area (Å²) in [5.74, 6) is 0.937. The molecule has 0 fully saturated rings. The Morgan fingerprint density at radius 3 is 2.50 bits per heavy atom. The number of rotatable bonds is 3. The van der Waals surface area contributed by atoms with E-state index in [0.29, 0.717) is 5.82 Å². The summed E-state index contributed by atoms with van der Waals surface area (Å²) in [6, 6.07) is 9.31. The SMILES string of the molecule is C[C@@H](NC(=O)C(=O)Nc1c2c(nn1C(C)(C)C)CSC2)c1ccccc1. The third-order valence-electron chi connectivity index (χ3n) is 4.27. The van der Waals surface area contributed by atoms with E-state index in [0.717, 1.165) is 28.3 Å². The highest BCUT2D eigenvalue weighted by molar-refractivity contribution is 7.98.